The maximum Gasteiger partial charge on any atom is 0.216 e. The second kappa shape index (κ2) is 7.76. The van der Waals surface area contributed by atoms with E-state index in [1.54, 1.807) is 24.3 Å². The third-order valence-corrected chi connectivity index (χ3v) is 5.10. The summed E-state index contributed by atoms with van der Waals surface area (Å²) in [7, 11) is -3.36. The summed E-state index contributed by atoms with van der Waals surface area (Å²) < 4.78 is 27.1. The quantitative estimate of drug-likeness (QED) is 0.774. The Kier molecular flexibility index (Phi) is 6.65. The van der Waals surface area contributed by atoms with E-state index < -0.39 is 10.0 Å². The standard InChI is InChI=1S/C15H25NO3S/c1-4-15(5-2)12(3)16-20(18,19)11-14-8-6-7-13(9-14)10-17/h6-9,12,15-17H,4-5,10-11H2,1-3H3. The van der Waals surface area contributed by atoms with Crippen molar-refractivity contribution < 1.29 is 13.5 Å². The number of benzene rings is 1. The second-order valence-electron chi connectivity index (χ2n) is 5.22. The van der Waals surface area contributed by atoms with Gasteiger partial charge < -0.3 is 5.11 Å². The fraction of sp³-hybridized carbons (Fsp3) is 0.600. The van der Waals surface area contributed by atoms with E-state index >= 15 is 0 Å². The number of hydrogen-bond acceptors (Lipinski definition) is 3. The zero-order valence-corrected chi connectivity index (χ0v) is 13.3. The lowest BCUT2D eigenvalue weighted by atomic mass is 9.96. The van der Waals surface area contributed by atoms with Gasteiger partial charge in [0.1, 0.15) is 0 Å². The summed E-state index contributed by atoms with van der Waals surface area (Å²) in [6.45, 7) is 5.98. The zero-order valence-electron chi connectivity index (χ0n) is 12.5. The van der Waals surface area contributed by atoms with Gasteiger partial charge in [-0.2, -0.15) is 0 Å². The molecule has 4 nitrogen and oxygen atoms in total. The molecule has 0 amide bonds. The summed E-state index contributed by atoms with van der Waals surface area (Å²) in [4.78, 5) is 0. The van der Waals surface area contributed by atoms with Crippen LogP contribution in [0.1, 0.15) is 44.7 Å². The molecule has 0 fully saturated rings. The smallest absolute Gasteiger partial charge is 0.216 e. The van der Waals surface area contributed by atoms with E-state index in [-0.39, 0.29) is 18.4 Å². The van der Waals surface area contributed by atoms with Crippen LogP contribution in [0, 0.1) is 5.92 Å². The van der Waals surface area contributed by atoms with E-state index in [9.17, 15) is 8.42 Å². The molecule has 1 aromatic carbocycles. The number of aliphatic hydroxyl groups is 1. The molecule has 0 saturated carbocycles. The van der Waals surface area contributed by atoms with Gasteiger partial charge in [-0.05, 0) is 24.0 Å². The Bertz CT molecular complexity index is 510. The number of nitrogens with one attached hydrogen (secondary N) is 1. The predicted molar refractivity (Wildman–Crippen MR) is 81.7 cm³/mol. The number of hydrogen-bond donors (Lipinski definition) is 2. The van der Waals surface area contributed by atoms with E-state index in [0.717, 1.165) is 18.4 Å². The van der Waals surface area contributed by atoms with Gasteiger partial charge in [0.15, 0.2) is 0 Å². The molecule has 1 aromatic rings. The molecule has 1 unspecified atom stereocenters. The number of aliphatic hydroxyl groups excluding tert-OH is 1. The molecule has 0 aromatic heterocycles. The zero-order chi connectivity index (χ0) is 15.2. The molecule has 0 aliphatic heterocycles. The van der Waals surface area contributed by atoms with Crippen molar-refractivity contribution in [2.24, 2.45) is 5.92 Å². The van der Waals surface area contributed by atoms with Crippen LogP contribution < -0.4 is 4.72 Å². The van der Waals surface area contributed by atoms with Gasteiger partial charge in [0.05, 0.1) is 12.4 Å². The number of rotatable bonds is 8. The van der Waals surface area contributed by atoms with Crippen molar-refractivity contribution in [1.82, 2.24) is 4.72 Å². The van der Waals surface area contributed by atoms with Gasteiger partial charge in [-0.25, -0.2) is 13.1 Å². The Balaban J connectivity index is 2.74. The lowest BCUT2D eigenvalue weighted by molar-refractivity contribution is 0.281. The Morgan fingerprint density at radius 3 is 2.35 bits per heavy atom. The van der Waals surface area contributed by atoms with E-state index in [1.807, 2.05) is 6.92 Å². The van der Waals surface area contributed by atoms with Crippen molar-refractivity contribution in [3.63, 3.8) is 0 Å². The predicted octanol–water partition coefficient (Wildman–Crippen LogP) is 2.42. The highest BCUT2D eigenvalue weighted by atomic mass is 32.2. The van der Waals surface area contributed by atoms with E-state index in [1.165, 1.54) is 0 Å². The molecule has 0 aliphatic carbocycles. The highest BCUT2D eigenvalue weighted by Crippen LogP contribution is 2.15. The van der Waals surface area contributed by atoms with Gasteiger partial charge in [-0.1, -0.05) is 51.0 Å². The van der Waals surface area contributed by atoms with Crippen molar-refractivity contribution in [1.29, 1.82) is 0 Å². The van der Waals surface area contributed by atoms with E-state index in [2.05, 4.69) is 18.6 Å². The average molecular weight is 299 g/mol. The van der Waals surface area contributed by atoms with Crippen LogP contribution in [0.2, 0.25) is 0 Å². The molecule has 1 rings (SSSR count). The summed E-state index contributed by atoms with van der Waals surface area (Å²) in [5.41, 5.74) is 1.42. The monoisotopic (exact) mass is 299 g/mol. The van der Waals surface area contributed by atoms with Crippen molar-refractivity contribution in [2.45, 2.75) is 52.0 Å². The van der Waals surface area contributed by atoms with Gasteiger partial charge >= 0.3 is 0 Å². The van der Waals surface area contributed by atoms with Gasteiger partial charge in [0, 0.05) is 6.04 Å². The molecule has 0 bridgehead atoms. The lowest BCUT2D eigenvalue weighted by Gasteiger charge is -2.22. The molecular weight excluding hydrogens is 274 g/mol. The average Bonchev–Trinajstić information content (AvgIpc) is 2.39. The maximum absolute atomic E-state index is 12.2. The fourth-order valence-corrected chi connectivity index (χ4v) is 3.91. The minimum absolute atomic E-state index is 0.0503. The van der Waals surface area contributed by atoms with Crippen molar-refractivity contribution in [3.05, 3.63) is 35.4 Å². The van der Waals surface area contributed by atoms with Crippen LogP contribution in [0.3, 0.4) is 0 Å². The Morgan fingerprint density at radius 1 is 1.20 bits per heavy atom. The van der Waals surface area contributed by atoms with Gasteiger partial charge in [0.25, 0.3) is 0 Å². The minimum atomic E-state index is -3.36. The van der Waals surface area contributed by atoms with Crippen molar-refractivity contribution in [3.8, 4) is 0 Å². The first-order valence-corrected chi connectivity index (χ1v) is 8.75. The normalized spacial score (nSPS) is 13.7. The van der Waals surface area contributed by atoms with Crippen LogP contribution in [-0.2, 0) is 22.4 Å². The molecule has 1 atom stereocenters. The number of sulfonamides is 1. The first-order valence-electron chi connectivity index (χ1n) is 7.10. The highest BCUT2D eigenvalue weighted by Gasteiger charge is 2.20. The molecule has 0 radical (unpaired) electrons. The molecule has 5 heteroatoms. The third-order valence-electron chi connectivity index (χ3n) is 3.65. The molecule has 114 valence electrons. The minimum Gasteiger partial charge on any atom is -0.392 e. The second-order valence-corrected chi connectivity index (χ2v) is 6.97. The molecular formula is C15H25NO3S. The van der Waals surface area contributed by atoms with Crippen molar-refractivity contribution >= 4 is 10.0 Å². The Labute approximate surface area is 122 Å². The van der Waals surface area contributed by atoms with Crippen LogP contribution >= 0.6 is 0 Å². The van der Waals surface area contributed by atoms with E-state index in [4.69, 9.17) is 5.11 Å². The first-order chi connectivity index (χ1) is 9.41. The Morgan fingerprint density at radius 2 is 1.80 bits per heavy atom. The molecule has 20 heavy (non-hydrogen) atoms. The summed E-state index contributed by atoms with van der Waals surface area (Å²) in [6.07, 6.45) is 1.92. The molecule has 0 spiro atoms. The summed E-state index contributed by atoms with van der Waals surface area (Å²) in [6, 6.07) is 6.97. The van der Waals surface area contributed by atoms with Crippen LogP contribution in [0.25, 0.3) is 0 Å². The Hall–Kier alpha value is -0.910. The largest absolute Gasteiger partial charge is 0.392 e. The van der Waals surface area contributed by atoms with Crippen molar-refractivity contribution in [2.75, 3.05) is 0 Å². The van der Waals surface area contributed by atoms with Crippen LogP contribution in [0.5, 0.6) is 0 Å². The highest BCUT2D eigenvalue weighted by molar-refractivity contribution is 7.88. The molecule has 2 N–H and O–H groups in total. The SMILES string of the molecule is CCC(CC)C(C)NS(=O)(=O)Cc1cccc(CO)c1. The lowest BCUT2D eigenvalue weighted by Crippen LogP contribution is -2.38. The molecule has 0 heterocycles. The van der Waals surface area contributed by atoms with Gasteiger partial charge in [0.2, 0.25) is 10.0 Å². The molecule has 0 saturated heterocycles. The summed E-state index contributed by atoms with van der Waals surface area (Å²) in [5, 5.41) is 9.08. The van der Waals surface area contributed by atoms with Gasteiger partial charge in [-0.3, -0.25) is 0 Å². The first kappa shape index (κ1) is 17.1. The van der Waals surface area contributed by atoms with Crippen LogP contribution in [-0.4, -0.2) is 19.6 Å². The van der Waals surface area contributed by atoms with Gasteiger partial charge in [-0.15, -0.1) is 0 Å². The topological polar surface area (TPSA) is 66.4 Å². The van der Waals surface area contributed by atoms with Crippen LogP contribution in [0.15, 0.2) is 24.3 Å². The summed E-state index contributed by atoms with van der Waals surface area (Å²) >= 11 is 0. The fourth-order valence-electron chi connectivity index (χ4n) is 2.45. The van der Waals surface area contributed by atoms with Crippen LogP contribution in [0.4, 0.5) is 0 Å². The third kappa shape index (κ3) is 5.23. The summed E-state index contributed by atoms with van der Waals surface area (Å²) in [5.74, 6) is 0.305. The maximum atomic E-state index is 12.2. The molecule has 0 aliphatic rings. The van der Waals surface area contributed by atoms with E-state index in [0.29, 0.717) is 11.5 Å².